The van der Waals surface area contributed by atoms with E-state index >= 15 is 0 Å². The number of ketones is 1. The highest BCUT2D eigenvalue weighted by atomic mass is 32.1. The van der Waals surface area contributed by atoms with Crippen LogP contribution in [0.3, 0.4) is 0 Å². The Kier molecular flexibility index (Phi) is 2.93. The lowest BCUT2D eigenvalue weighted by atomic mass is 9.99. The Bertz CT molecular complexity index is 310. The van der Waals surface area contributed by atoms with E-state index in [0.717, 1.165) is 19.6 Å². The molecule has 14 heavy (non-hydrogen) atoms. The van der Waals surface area contributed by atoms with Gasteiger partial charge in [0.2, 0.25) is 0 Å². The summed E-state index contributed by atoms with van der Waals surface area (Å²) < 4.78 is 0. The van der Waals surface area contributed by atoms with Gasteiger partial charge in [0.15, 0.2) is 0 Å². The molecule has 0 saturated carbocycles. The maximum Gasteiger partial charge on any atom is 0.138 e. The van der Waals surface area contributed by atoms with Crippen LogP contribution >= 0.6 is 11.3 Å². The minimum absolute atomic E-state index is 0.205. The summed E-state index contributed by atoms with van der Waals surface area (Å²) >= 11 is 1.68. The molecule has 1 saturated heterocycles. The van der Waals surface area contributed by atoms with Crippen LogP contribution in [0.15, 0.2) is 11.7 Å². The smallest absolute Gasteiger partial charge is 0.138 e. The van der Waals surface area contributed by atoms with Crippen LogP contribution in [-0.4, -0.2) is 28.8 Å². The molecule has 0 radical (unpaired) electrons. The van der Waals surface area contributed by atoms with Gasteiger partial charge < -0.3 is 0 Å². The number of piperidine rings is 1. The second-order valence-corrected chi connectivity index (χ2v) is 4.79. The number of rotatable bonds is 2. The number of aromatic nitrogens is 1. The fourth-order valence-electron chi connectivity index (χ4n) is 1.78. The summed E-state index contributed by atoms with van der Waals surface area (Å²) in [6.07, 6.45) is 2.62. The molecule has 3 nitrogen and oxygen atoms in total. The molecule has 2 rings (SSSR count). The van der Waals surface area contributed by atoms with Gasteiger partial charge in [-0.3, -0.25) is 14.7 Å². The fourth-order valence-corrected chi connectivity index (χ4v) is 2.42. The lowest BCUT2D eigenvalue weighted by Gasteiger charge is -2.29. The van der Waals surface area contributed by atoms with E-state index in [1.54, 1.807) is 11.3 Å². The maximum atomic E-state index is 11.3. The molecule has 0 spiro atoms. The number of carbonyl (C=O) groups is 1. The highest BCUT2D eigenvalue weighted by Crippen LogP contribution is 2.16. The second-order valence-electron chi connectivity index (χ2n) is 3.82. The van der Waals surface area contributed by atoms with Crippen molar-refractivity contribution in [3.05, 3.63) is 16.6 Å². The Morgan fingerprint density at radius 1 is 1.71 bits per heavy atom. The molecule has 4 heteroatoms. The lowest BCUT2D eigenvalue weighted by Crippen LogP contribution is -2.38. The Morgan fingerprint density at radius 3 is 3.21 bits per heavy atom. The number of Topliss-reactive ketones (excluding diaryl/α,β-unsaturated/α-hetero) is 1. The Morgan fingerprint density at radius 2 is 2.57 bits per heavy atom. The van der Waals surface area contributed by atoms with Crippen LogP contribution in [0, 0.1) is 5.92 Å². The van der Waals surface area contributed by atoms with Crippen molar-refractivity contribution in [2.24, 2.45) is 5.92 Å². The van der Waals surface area contributed by atoms with E-state index in [-0.39, 0.29) is 5.92 Å². The normalized spacial score (nSPS) is 24.1. The monoisotopic (exact) mass is 210 g/mol. The SMILES string of the molecule is CC1CN(Cc2cncs2)CCC1=O. The number of likely N-dealkylation sites (tertiary alicyclic amines) is 1. The van der Waals surface area contributed by atoms with Gasteiger partial charge in [-0.05, 0) is 0 Å². The zero-order valence-corrected chi connectivity index (χ0v) is 9.09. The summed E-state index contributed by atoms with van der Waals surface area (Å²) in [5, 5.41) is 0. The molecule has 0 bridgehead atoms. The number of carbonyl (C=O) groups excluding carboxylic acids is 1. The van der Waals surface area contributed by atoms with Crippen molar-refractivity contribution in [3.8, 4) is 0 Å². The van der Waals surface area contributed by atoms with E-state index in [1.165, 1.54) is 4.88 Å². The first kappa shape index (κ1) is 9.80. The van der Waals surface area contributed by atoms with Crippen molar-refractivity contribution in [2.75, 3.05) is 13.1 Å². The van der Waals surface area contributed by atoms with Crippen LogP contribution in [0.4, 0.5) is 0 Å². The summed E-state index contributed by atoms with van der Waals surface area (Å²) in [6, 6.07) is 0. The summed E-state index contributed by atoms with van der Waals surface area (Å²) in [6.45, 7) is 4.77. The molecule has 1 unspecified atom stereocenters. The summed E-state index contributed by atoms with van der Waals surface area (Å²) in [5.74, 6) is 0.613. The number of hydrogen-bond donors (Lipinski definition) is 0. The van der Waals surface area contributed by atoms with E-state index in [0.29, 0.717) is 12.2 Å². The zero-order chi connectivity index (χ0) is 9.97. The van der Waals surface area contributed by atoms with Crippen molar-refractivity contribution < 1.29 is 4.79 Å². The van der Waals surface area contributed by atoms with Crippen LogP contribution in [0.1, 0.15) is 18.2 Å². The standard InChI is InChI=1S/C10H14N2OS/c1-8-5-12(3-2-10(8)13)6-9-4-11-7-14-9/h4,7-8H,2-3,5-6H2,1H3. The first-order chi connectivity index (χ1) is 6.75. The lowest BCUT2D eigenvalue weighted by molar-refractivity contribution is -0.125. The molecule has 1 aromatic heterocycles. The average molecular weight is 210 g/mol. The third-order valence-electron chi connectivity index (χ3n) is 2.62. The highest BCUT2D eigenvalue weighted by Gasteiger charge is 2.23. The molecule has 1 atom stereocenters. The van der Waals surface area contributed by atoms with Crippen molar-refractivity contribution in [2.45, 2.75) is 19.9 Å². The van der Waals surface area contributed by atoms with E-state index in [2.05, 4.69) is 9.88 Å². The van der Waals surface area contributed by atoms with Crippen LogP contribution in [0.2, 0.25) is 0 Å². The van der Waals surface area contributed by atoms with Crippen molar-refractivity contribution in [1.82, 2.24) is 9.88 Å². The number of hydrogen-bond acceptors (Lipinski definition) is 4. The second kappa shape index (κ2) is 4.19. The molecule has 1 fully saturated rings. The zero-order valence-electron chi connectivity index (χ0n) is 8.27. The quantitative estimate of drug-likeness (QED) is 0.742. The van der Waals surface area contributed by atoms with Gasteiger partial charge in [-0.25, -0.2) is 0 Å². The topological polar surface area (TPSA) is 33.2 Å². The van der Waals surface area contributed by atoms with Gasteiger partial charge in [-0.1, -0.05) is 6.92 Å². The maximum absolute atomic E-state index is 11.3. The first-order valence-electron chi connectivity index (χ1n) is 4.88. The molecular weight excluding hydrogens is 196 g/mol. The molecule has 0 amide bonds. The predicted molar refractivity (Wildman–Crippen MR) is 56.2 cm³/mol. The van der Waals surface area contributed by atoms with Gasteiger partial charge >= 0.3 is 0 Å². The molecule has 76 valence electrons. The first-order valence-corrected chi connectivity index (χ1v) is 5.76. The van der Waals surface area contributed by atoms with Gasteiger partial charge in [0.25, 0.3) is 0 Å². The number of nitrogens with zero attached hydrogens (tertiary/aromatic N) is 2. The minimum atomic E-state index is 0.205. The number of thiazole rings is 1. The Balaban J connectivity index is 1.91. The van der Waals surface area contributed by atoms with E-state index in [4.69, 9.17) is 0 Å². The minimum Gasteiger partial charge on any atom is -0.299 e. The Hall–Kier alpha value is -0.740. The van der Waals surface area contributed by atoms with Gasteiger partial charge in [-0.2, -0.15) is 0 Å². The summed E-state index contributed by atoms with van der Waals surface area (Å²) in [7, 11) is 0. The molecule has 0 aromatic carbocycles. The molecule has 1 aliphatic rings. The van der Waals surface area contributed by atoms with E-state index in [1.807, 2.05) is 18.6 Å². The molecule has 1 aromatic rings. The van der Waals surface area contributed by atoms with E-state index < -0.39 is 0 Å². The van der Waals surface area contributed by atoms with Gasteiger partial charge in [-0.15, -0.1) is 11.3 Å². The van der Waals surface area contributed by atoms with Crippen LogP contribution in [-0.2, 0) is 11.3 Å². The predicted octanol–water partition coefficient (Wildman–Crippen LogP) is 1.55. The highest BCUT2D eigenvalue weighted by molar-refractivity contribution is 7.09. The van der Waals surface area contributed by atoms with Crippen LogP contribution < -0.4 is 0 Å². The Labute approximate surface area is 87.8 Å². The van der Waals surface area contributed by atoms with Crippen molar-refractivity contribution >= 4 is 17.1 Å². The molecule has 1 aliphatic heterocycles. The molecular formula is C10H14N2OS. The van der Waals surface area contributed by atoms with Crippen LogP contribution in [0.5, 0.6) is 0 Å². The van der Waals surface area contributed by atoms with Crippen molar-refractivity contribution in [3.63, 3.8) is 0 Å². The van der Waals surface area contributed by atoms with Gasteiger partial charge in [0.05, 0.1) is 5.51 Å². The van der Waals surface area contributed by atoms with Crippen molar-refractivity contribution in [1.29, 1.82) is 0 Å². The van der Waals surface area contributed by atoms with E-state index in [9.17, 15) is 4.79 Å². The third kappa shape index (κ3) is 2.19. The summed E-state index contributed by atoms with van der Waals surface area (Å²) in [4.78, 5) is 19.0. The largest absolute Gasteiger partial charge is 0.299 e. The average Bonchev–Trinajstić information content (AvgIpc) is 2.64. The van der Waals surface area contributed by atoms with Gasteiger partial charge in [0.1, 0.15) is 5.78 Å². The molecule has 0 N–H and O–H groups in total. The van der Waals surface area contributed by atoms with Crippen LogP contribution in [0.25, 0.3) is 0 Å². The third-order valence-corrected chi connectivity index (χ3v) is 3.38. The summed E-state index contributed by atoms with van der Waals surface area (Å²) in [5.41, 5.74) is 1.86. The molecule has 0 aliphatic carbocycles. The fraction of sp³-hybridized carbons (Fsp3) is 0.600. The molecule has 2 heterocycles. The van der Waals surface area contributed by atoms with Gasteiger partial charge in [0, 0.05) is 43.0 Å².